The van der Waals surface area contributed by atoms with Gasteiger partial charge in [0.25, 0.3) is 0 Å². The second kappa shape index (κ2) is 5.70. The van der Waals surface area contributed by atoms with Crippen molar-refractivity contribution in [2.75, 3.05) is 6.54 Å². The molecule has 1 atom stereocenters. The molecule has 4 nitrogen and oxygen atoms in total. The molecule has 0 spiro atoms. The molecule has 1 aromatic rings. The minimum atomic E-state index is -0.660. The normalized spacial score (nSPS) is 12.4. The van der Waals surface area contributed by atoms with Crippen LogP contribution >= 0.6 is 11.6 Å². The molecule has 0 saturated carbocycles. The van der Waals surface area contributed by atoms with E-state index in [2.05, 4.69) is 5.32 Å². The third-order valence-electron chi connectivity index (χ3n) is 2.00. The van der Waals surface area contributed by atoms with Gasteiger partial charge in [-0.2, -0.15) is 0 Å². The fourth-order valence-electron chi connectivity index (χ4n) is 1.10. The van der Waals surface area contributed by atoms with Crippen LogP contribution in [0.5, 0.6) is 0 Å². The molecule has 0 fully saturated rings. The van der Waals surface area contributed by atoms with Gasteiger partial charge in [0.15, 0.2) is 0 Å². The minimum absolute atomic E-state index is 0.348. The van der Waals surface area contributed by atoms with Gasteiger partial charge in [-0.25, -0.2) is 0 Å². The average Bonchev–Trinajstić information content (AvgIpc) is 2.20. The van der Waals surface area contributed by atoms with E-state index in [1.165, 1.54) is 0 Å². The maximum Gasteiger partial charge on any atom is 0.235 e. The first-order chi connectivity index (χ1) is 7.11. The Bertz CT molecular complexity index is 343. The van der Waals surface area contributed by atoms with Crippen molar-refractivity contribution in [3.8, 4) is 0 Å². The lowest BCUT2D eigenvalue weighted by Crippen LogP contribution is -2.44. The highest BCUT2D eigenvalue weighted by Gasteiger charge is 2.08. The second-order valence-electron chi connectivity index (χ2n) is 3.23. The molecule has 82 valence electrons. The first kappa shape index (κ1) is 12.0. The molecular weight excluding hydrogens is 214 g/mol. The van der Waals surface area contributed by atoms with Crippen LogP contribution in [0.4, 0.5) is 0 Å². The van der Waals surface area contributed by atoms with Crippen molar-refractivity contribution in [3.63, 3.8) is 0 Å². The van der Waals surface area contributed by atoms with E-state index >= 15 is 0 Å². The molecule has 0 aliphatic heterocycles. The van der Waals surface area contributed by atoms with Gasteiger partial charge in [0.1, 0.15) is 0 Å². The van der Waals surface area contributed by atoms with Crippen molar-refractivity contribution in [1.29, 1.82) is 0 Å². The van der Waals surface area contributed by atoms with Crippen molar-refractivity contribution < 1.29 is 4.79 Å². The molecule has 0 saturated heterocycles. The number of benzene rings is 1. The fourth-order valence-corrected chi connectivity index (χ4v) is 1.31. The van der Waals surface area contributed by atoms with Crippen molar-refractivity contribution in [3.05, 3.63) is 34.9 Å². The molecule has 1 rings (SSSR count). The maximum absolute atomic E-state index is 10.6. The zero-order chi connectivity index (χ0) is 11.3. The van der Waals surface area contributed by atoms with Crippen LogP contribution in [0.15, 0.2) is 24.3 Å². The highest BCUT2D eigenvalue weighted by Crippen LogP contribution is 2.13. The predicted molar refractivity (Wildman–Crippen MR) is 60.3 cm³/mol. The van der Waals surface area contributed by atoms with Gasteiger partial charge in [0.2, 0.25) is 5.91 Å². The number of carbonyl (C=O) groups excluding carboxylic acids is 1. The third-order valence-corrected chi connectivity index (χ3v) is 2.37. The Morgan fingerprint density at radius 1 is 1.47 bits per heavy atom. The summed E-state index contributed by atoms with van der Waals surface area (Å²) in [5, 5.41) is 3.71. The molecule has 0 bridgehead atoms. The predicted octanol–water partition coefficient (Wildman–Crippen LogP) is 0.242. The summed E-state index contributed by atoms with van der Waals surface area (Å²) < 4.78 is 0. The number of amides is 1. The Morgan fingerprint density at radius 3 is 2.73 bits per heavy atom. The van der Waals surface area contributed by atoms with Gasteiger partial charge in [-0.05, 0) is 11.6 Å². The topological polar surface area (TPSA) is 81.1 Å². The molecule has 15 heavy (non-hydrogen) atoms. The van der Waals surface area contributed by atoms with Crippen LogP contribution in [0.25, 0.3) is 0 Å². The number of rotatable bonds is 5. The van der Waals surface area contributed by atoms with E-state index in [0.717, 1.165) is 5.56 Å². The van der Waals surface area contributed by atoms with Gasteiger partial charge in [-0.3, -0.25) is 4.79 Å². The summed E-state index contributed by atoms with van der Waals surface area (Å²) in [5.74, 6) is -0.512. The monoisotopic (exact) mass is 227 g/mol. The molecule has 1 amide bonds. The number of primary amides is 1. The Labute approximate surface area is 93.6 Å². The molecular formula is C10H14ClN3O. The first-order valence-corrected chi connectivity index (χ1v) is 4.98. The smallest absolute Gasteiger partial charge is 0.235 e. The summed E-state index contributed by atoms with van der Waals surface area (Å²) in [6.45, 7) is 0.918. The highest BCUT2D eigenvalue weighted by molar-refractivity contribution is 6.31. The van der Waals surface area contributed by atoms with E-state index in [-0.39, 0.29) is 0 Å². The molecule has 0 aliphatic rings. The molecule has 1 aromatic carbocycles. The Hall–Kier alpha value is -1.10. The standard InChI is InChI=1S/C10H14ClN3O/c11-8-4-2-1-3-7(8)5-14-6-9(12)10(13)15/h1-4,9,14H,5-6,12H2,(H2,13,15). The van der Waals surface area contributed by atoms with Gasteiger partial charge in [0.05, 0.1) is 6.04 Å². The van der Waals surface area contributed by atoms with Crippen molar-refractivity contribution in [2.24, 2.45) is 11.5 Å². The lowest BCUT2D eigenvalue weighted by Gasteiger charge is -2.09. The van der Waals surface area contributed by atoms with Crippen LogP contribution in [0.1, 0.15) is 5.56 Å². The number of carbonyl (C=O) groups is 1. The molecule has 5 heteroatoms. The van der Waals surface area contributed by atoms with Crippen molar-refractivity contribution in [2.45, 2.75) is 12.6 Å². The van der Waals surface area contributed by atoms with E-state index in [1.54, 1.807) is 0 Å². The highest BCUT2D eigenvalue weighted by atomic mass is 35.5. The van der Waals surface area contributed by atoms with Gasteiger partial charge < -0.3 is 16.8 Å². The number of nitrogens with one attached hydrogen (secondary N) is 1. The van der Waals surface area contributed by atoms with Crippen molar-refractivity contribution in [1.82, 2.24) is 5.32 Å². The van der Waals surface area contributed by atoms with Crippen LogP contribution in [0.3, 0.4) is 0 Å². The molecule has 0 aliphatic carbocycles. The second-order valence-corrected chi connectivity index (χ2v) is 3.64. The molecule has 0 heterocycles. The van der Waals surface area contributed by atoms with Gasteiger partial charge >= 0.3 is 0 Å². The van der Waals surface area contributed by atoms with E-state index < -0.39 is 11.9 Å². The number of hydrogen-bond donors (Lipinski definition) is 3. The van der Waals surface area contributed by atoms with Crippen LogP contribution in [-0.4, -0.2) is 18.5 Å². The SMILES string of the molecule is NC(=O)C(N)CNCc1ccccc1Cl. The average molecular weight is 228 g/mol. The zero-order valence-electron chi connectivity index (χ0n) is 8.24. The van der Waals surface area contributed by atoms with E-state index in [0.29, 0.717) is 18.1 Å². The van der Waals surface area contributed by atoms with E-state index in [9.17, 15) is 4.79 Å². The molecule has 0 radical (unpaired) electrons. The Morgan fingerprint density at radius 2 is 2.13 bits per heavy atom. The summed E-state index contributed by atoms with van der Waals surface area (Å²) in [5.41, 5.74) is 11.4. The third kappa shape index (κ3) is 3.87. The summed E-state index contributed by atoms with van der Waals surface area (Å²) in [7, 11) is 0. The first-order valence-electron chi connectivity index (χ1n) is 4.60. The molecule has 5 N–H and O–H groups in total. The minimum Gasteiger partial charge on any atom is -0.368 e. The summed E-state index contributed by atoms with van der Waals surface area (Å²) in [6.07, 6.45) is 0. The van der Waals surface area contributed by atoms with Crippen LogP contribution in [-0.2, 0) is 11.3 Å². The molecule has 1 unspecified atom stereocenters. The van der Waals surface area contributed by atoms with Gasteiger partial charge in [-0.1, -0.05) is 29.8 Å². The lowest BCUT2D eigenvalue weighted by atomic mass is 10.2. The number of halogens is 1. The number of hydrogen-bond acceptors (Lipinski definition) is 3. The zero-order valence-corrected chi connectivity index (χ0v) is 9.00. The summed E-state index contributed by atoms with van der Waals surface area (Å²) in [4.78, 5) is 10.6. The number of nitrogens with two attached hydrogens (primary N) is 2. The Kier molecular flexibility index (Phi) is 4.55. The van der Waals surface area contributed by atoms with Crippen LogP contribution < -0.4 is 16.8 Å². The quantitative estimate of drug-likeness (QED) is 0.674. The van der Waals surface area contributed by atoms with Crippen molar-refractivity contribution >= 4 is 17.5 Å². The van der Waals surface area contributed by atoms with Gasteiger partial charge in [0, 0.05) is 18.1 Å². The van der Waals surface area contributed by atoms with Crippen LogP contribution in [0.2, 0.25) is 5.02 Å². The van der Waals surface area contributed by atoms with E-state index in [1.807, 2.05) is 24.3 Å². The summed E-state index contributed by atoms with van der Waals surface area (Å²) in [6, 6.07) is 6.82. The van der Waals surface area contributed by atoms with Gasteiger partial charge in [-0.15, -0.1) is 0 Å². The summed E-state index contributed by atoms with van der Waals surface area (Å²) >= 11 is 5.94. The Balaban J connectivity index is 2.38. The fraction of sp³-hybridized carbons (Fsp3) is 0.300. The maximum atomic E-state index is 10.6. The van der Waals surface area contributed by atoms with Crippen LogP contribution in [0, 0.1) is 0 Å². The van der Waals surface area contributed by atoms with E-state index in [4.69, 9.17) is 23.1 Å². The largest absolute Gasteiger partial charge is 0.368 e. The molecule has 0 aromatic heterocycles. The lowest BCUT2D eigenvalue weighted by molar-refractivity contribution is -0.119.